The number of pyridine rings is 1. The summed E-state index contributed by atoms with van der Waals surface area (Å²) in [6, 6.07) is 13.7. The highest BCUT2D eigenvalue weighted by Gasteiger charge is 2.42. The van der Waals surface area contributed by atoms with E-state index in [1.807, 2.05) is 43.0 Å². The summed E-state index contributed by atoms with van der Waals surface area (Å²) in [5, 5.41) is 0. The molecule has 182 valence electrons. The van der Waals surface area contributed by atoms with Crippen molar-refractivity contribution < 1.29 is 14.0 Å². The Labute approximate surface area is 205 Å². The van der Waals surface area contributed by atoms with E-state index in [1.165, 1.54) is 0 Å². The average molecular weight is 473 g/mol. The SMILES string of the molecule is Cc1ccnc(C)c1C(=O)N1CC2CN(CC[C@@H](c3ccccc3)c3occc3C(N)=O)CC2C1. The molecule has 2 aliphatic heterocycles. The summed E-state index contributed by atoms with van der Waals surface area (Å²) in [4.78, 5) is 34.0. The van der Waals surface area contributed by atoms with Gasteiger partial charge in [0.05, 0.1) is 23.1 Å². The van der Waals surface area contributed by atoms with Crippen LogP contribution in [0.3, 0.4) is 0 Å². The Morgan fingerprint density at radius 2 is 1.77 bits per heavy atom. The van der Waals surface area contributed by atoms with Gasteiger partial charge < -0.3 is 20.0 Å². The van der Waals surface area contributed by atoms with Gasteiger partial charge in [0.1, 0.15) is 5.76 Å². The van der Waals surface area contributed by atoms with E-state index in [-0.39, 0.29) is 11.8 Å². The smallest absolute Gasteiger partial charge is 0.255 e. The number of hydrogen-bond donors (Lipinski definition) is 1. The van der Waals surface area contributed by atoms with Crippen molar-refractivity contribution in [1.82, 2.24) is 14.8 Å². The second-order valence-electron chi connectivity index (χ2n) is 9.89. The topological polar surface area (TPSA) is 92.7 Å². The molecule has 1 aromatic carbocycles. The van der Waals surface area contributed by atoms with Gasteiger partial charge in [-0.05, 0) is 61.9 Å². The Balaban J connectivity index is 1.24. The highest BCUT2D eigenvalue weighted by molar-refractivity contribution is 5.96. The third-order valence-electron chi connectivity index (χ3n) is 7.62. The van der Waals surface area contributed by atoms with Gasteiger partial charge in [-0.1, -0.05) is 30.3 Å². The van der Waals surface area contributed by atoms with E-state index in [0.29, 0.717) is 23.2 Å². The third-order valence-corrected chi connectivity index (χ3v) is 7.62. The number of likely N-dealkylation sites (tertiary alicyclic amines) is 2. The van der Waals surface area contributed by atoms with Crippen molar-refractivity contribution in [2.45, 2.75) is 26.2 Å². The first-order chi connectivity index (χ1) is 16.9. The molecule has 7 heteroatoms. The number of hydrogen-bond acceptors (Lipinski definition) is 5. The zero-order valence-electron chi connectivity index (χ0n) is 20.3. The maximum Gasteiger partial charge on any atom is 0.255 e. The molecular formula is C28H32N4O3. The standard InChI is InChI=1S/C28H32N4O3/c1-18-8-11-30-19(2)25(18)28(34)32-16-21-14-31(15-22(21)17-32)12-9-23(20-6-4-3-5-7-20)26-24(27(29)33)10-13-35-26/h3-8,10-11,13,21-23H,9,12,14-17H2,1-2H3,(H2,29,33)/t21?,22?,23-/m0/s1. The lowest BCUT2D eigenvalue weighted by Crippen LogP contribution is -2.34. The van der Waals surface area contributed by atoms with Crippen molar-refractivity contribution in [2.75, 3.05) is 32.7 Å². The van der Waals surface area contributed by atoms with Crippen LogP contribution in [0.15, 0.2) is 59.3 Å². The molecule has 0 spiro atoms. The first-order valence-electron chi connectivity index (χ1n) is 12.3. The highest BCUT2D eigenvalue weighted by Crippen LogP contribution is 2.35. The monoisotopic (exact) mass is 472 g/mol. The predicted molar refractivity (Wildman–Crippen MR) is 133 cm³/mol. The molecule has 2 amide bonds. The summed E-state index contributed by atoms with van der Waals surface area (Å²) in [5.74, 6) is 1.21. The number of primary amides is 1. The molecule has 3 atom stereocenters. The Morgan fingerprint density at radius 3 is 2.43 bits per heavy atom. The van der Waals surface area contributed by atoms with Crippen LogP contribution in [-0.4, -0.2) is 59.3 Å². The quantitative estimate of drug-likeness (QED) is 0.567. The minimum atomic E-state index is -0.464. The van der Waals surface area contributed by atoms with Crippen LogP contribution < -0.4 is 5.73 Å². The van der Waals surface area contributed by atoms with Crippen molar-refractivity contribution in [2.24, 2.45) is 17.6 Å². The lowest BCUT2D eigenvalue weighted by atomic mass is 9.91. The summed E-state index contributed by atoms with van der Waals surface area (Å²) in [5.41, 5.74) is 9.71. The molecule has 2 aromatic heterocycles. The molecule has 2 aliphatic rings. The number of aromatic nitrogens is 1. The van der Waals surface area contributed by atoms with E-state index in [2.05, 4.69) is 22.0 Å². The van der Waals surface area contributed by atoms with Crippen LogP contribution in [0.2, 0.25) is 0 Å². The number of nitrogens with two attached hydrogens (primary N) is 1. The number of fused-ring (bicyclic) bond motifs is 1. The molecule has 5 rings (SSSR count). The van der Waals surface area contributed by atoms with E-state index in [9.17, 15) is 9.59 Å². The van der Waals surface area contributed by atoms with E-state index < -0.39 is 5.91 Å². The number of carbonyl (C=O) groups is 2. The second-order valence-corrected chi connectivity index (χ2v) is 9.89. The fourth-order valence-corrected chi connectivity index (χ4v) is 5.85. The summed E-state index contributed by atoms with van der Waals surface area (Å²) < 4.78 is 5.77. The molecule has 0 radical (unpaired) electrons. The summed E-state index contributed by atoms with van der Waals surface area (Å²) >= 11 is 0. The molecule has 0 aliphatic carbocycles. The number of benzene rings is 1. The van der Waals surface area contributed by atoms with Gasteiger partial charge in [0, 0.05) is 38.3 Å². The normalized spacial score (nSPS) is 20.7. The molecule has 7 nitrogen and oxygen atoms in total. The molecule has 2 fully saturated rings. The van der Waals surface area contributed by atoms with Crippen molar-refractivity contribution >= 4 is 11.8 Å². The molecule has 4 heterocycles. The Hall–Kier alpha value is -3.45. The van der Waals surface area contributed by atoms with Crippen LogP contribution in [0.1, 0.15) is 55.6 Å². The molecule has 3 aromatic rings. The lowest BCUT2D eigenvalue weighted by Gasteiger charge is -2.24. The van der Waals surface area contributed by atoms with Crippen LogP contribution in [0.4, 0.5) is 0 Å². The van der Waals surface area contributed by atoms with Gasteiger partial charge in [-0.25, -0.2) is 0 Å². The predicted octanol–water partition coefficient (Wildman–Crippen LogP) is 3.62. The Bertz CT molecular complexity index is 1190. The Morgan fingerprint density at radius 1 is 1.06 bits per heavy atom. The first kappa shape index (κ1) is 23.3. The van der Waals surface area contributed by atoms with Crippen LogP contribution in [0.5, 0.6) is 0 Å². The van der Waals surface area contributed by atoms with E-state index in [0.717, 1.165) is 61.5 Å². The minimum absolute atomic E-state index is 0.0382. The fraction of sp³-hybridized carbons (Fsp3) is 0.393. The Kier molecular flexibility index (Phi) is 6.43. The molecule has 2 unspecified atom stereocenters. The molecule has 0 bridgehead atoms. The number of nitrogens with zero attached hydrogens (tertiary/aromatic N) is 3. The molecule has 2 N–H and O–H groups in total. The minimum Gasteiger partial charge on any atom is -0.468 e. The number of amides is 2. The molecule has 0 saturated carbocycles. The van der Waals surface area contributed by atoms with Gasteiger partial charge in [-0.3, -0.25) is 14.6 Å². The van der Waals surface area contributed by atoms with Crippen molar-refractivity contribution in [3.8, 4) is 0 Å². The van der Waals surface area contributed by atoms with Crippen LogP contribution in [0.25, 0.3) is 0 Å². The molecule has 35 heavy (non-hydrogen) atoms. The summed E-state index contributed by atoms with van der Waals surface area (Å²) in [6.45, 7) is 8.31. The van der Waals surface area contributed by atoms with Crippen molar-refractivity contribution in [3.05, 3.63) is 88.6 Å². The molecular weight excluding hydrogens is 440 g/mol. The van der Waals surface area contributed by atoms with Crippen molar-refractivity contribution in [3.63, 3.8) is 0 Å². The third kappa shape index (κ3) is 4.60. The van der Waals surface area contributed by atoms with Crippen LogP contribution in [0, 0.1) is 25.7 Å². The van der Waals surface area contributed by atoms with E-state index in [4.69, 9.17) is 10.2 Å². The molecule has 2 saturated heterocycles. The lowest BCUT2D eigenvalue weighted by molar-refractivity contribution is 0.0771. The number of furan rings is 1. The maximum atomic E-state index is 13.2. The zero-order chi connectivity index (χ0) is 24.5. The van der Waals surface area contributed by atoms with Crippen LogP contribution >= 0.6 is 0 Å². The number of aryl methyl sites for hydroxylation is 2. The van der Waals surface area contributed by atoms with Gasteiger partial charge in [-0.15, -0.1) is 0 Å². The van der Waals surface area contributed by atoms with Gasteiger partial charge in [0.2, 0.25) is 0 Å². The average Bonchev–Trinajstić information content (AvgIpc) is 3.55. The van der Waals surface area contributed by atoms with Gasteiger partial charge in [0.15, 0.2) is 0 Å². The van der Waals surface area contributed by atoms with Crippen molar-refractivity contribution in [1.29, 1.82) is 0 Å². The van der Waals surface area contributed by atoms with Gasteiger partial charge in [0.25, 0.3) is 11.8 Å². The number of rotatable bonds is 7. The maximum absolute atomic E-state index is 13.2. The summed E-state index contributed by atoms with van der Waals surface area (Å²) in [7, 11) is 0. The number of carbonyl (C=O) groups excluding carboxylic acids is 2. The fourth-order valence-electron chi connectivity index (χ4n) is 5.85. The van der Waals surface area contributed by atoms with Gasteiger partial charge >= 0.3 is 0 Å². The largest absolute Gasteiger partial charge is 0.468 e. The van der Waals surface area contributed by atoms with E-state index in [1.54, 1.807) is 18.5 Å². The van der Waals surface area contributed by atoms with E-state index >= 15 is 0 Å². The van der Waals surface area contributed by atoms with Crippen LogP contribution in [-0.2, 0) is 0 Å². The zero-order valence-corrected chi connectivity index (χ0v) is 20.3. The highest BCUT2D eigenvalue weighted by atomic mass is 16.3. The van der Waals surface area contributed by atoms with Gasteiger partial charge in [-0.2, -0.15) is 0 Å². The second kappa shape index (κ2) is 9.66. The summed E-state index contributed by atoms with van der Waals surface area (Å²) in [6.07, 6.45) is 4.13. The first-order valence-corrected chi connectivity index (χ1v) is 12.3.